The Kier molecular flexibility index (Phi) is 5.28. The molecule has 30 heavy (non-hydrogen) atoms. The Morgan fingerprint density at radius 3 is 2.37 bits per heavy atom. The minimum Gasteiger partial charge on any atom is -0.365 e. The number of H-pyrrole nitrogens is 1. The summed E-state index contributed by atoms with van der Waals surface area (Å²) >= 11 is 0. The molecule has 4 rings (SSSR count). The van der Waals surface area contributed by atoms with Gasteiger partial charge in [0.2, 0.25) is 0 Å². The number of sulfone groups is 1. The maximum absolute atomic E-state index is 13.1. The smallest absolute Gasteiger partial charge is 0.175 e. The molecule has 0 aliphatic rings. The fourth-order valence-electron chi connectivity index (χ4n) is 2.90. The molecule has 4 aromatic rings. The van der Waals surface area contributed by atoms with E-state index in [1.54, 1.807) is 36.5 Å². The van der Waals surface area contributed by atoms with Gasteiger partial charge in [-0.05, 0) is 54.1 Å². The molecule has 0 fully saturated rings. The Morgan fingerprint density at radius 1 is 0.967 bits per heavy atom. The summed E-state index contributed by atoms with van der Waals surface area (Å²) in [6, 6.07) is 16.3. The van der Waals surface area contributed by atoms with Crippen LogP contribution in [-0.2, 0) is 16.4 Å². The Bertz CT molecular complexity index is 1270. The average molecular weight is 423 g/mol. The maximum atomic E-state index is 13.1. The van der Waals surface area contributed by atoms with Gasteiger partial charge in [0.15, 0.2) is 21.5 Å². The molecular formula is C21H18FN5O2S. The number of anilines is 1. The summed E-state index contributed by atoms with van der Waals surface area (Å²) in [6.07, 6.45) is 2.83. The second kappa shape index (κ2) is 8.03. The van der Waals surface area contributed by atoms with Crippen molar-refractivity contribution in [1.82, 2.24) is 20.2 Å². The fourth-order valence-corrected chi connectivity index (χ4v) is 3.53. The molecule has 0 saturated heterocycles. The van der Waals surface area contributed by atoms with Gasteiger partial charge in [0.1, 0.15) is 11.6 Å². The molecule has 2 N–H and O–H groups in total. The van der Waals surface area contributed by atoms with Crippen molar-refractivity contribution in [2.75, 3.05) is 11.6 Å². The largest absolute Gasteiger partial charge is 0.365 e. The molecule has 2 heterocycles. The molecule has 0 aliphatic heterocycles. The highest BCUT2D eigenvalue weighted by Gasteiger charge is 2.13. The number of rotatable bonds is 6. The van der Waals surface area contributed by atoms with Crippen molar-refractivity contribution in [3.63, 3.8) is 0 Å². The summed E-state index contributed by atoms with van der Waals surface area (Å²) in [5.74, 6) is 1.36. The van der Waals surface area contributed by atoms with E-state index in [2.05, 4.69) is 25.5 Å². The van der Waals surface area contributed by atoms with Gasteiger partial charge in [-0.25, -0.2) is 17.8 Å². The minimum absolute atomic E-state index is 0.241. The Hall–Kier alpha value is -3.59. The van der Waals surface area contributed by atoms with Crippen LogP contribution in [0.5, 0.6) is 0 Å². The van der Waals surface area contributed by atoms with Gasteiger partial charge in [-0.15, -0.1) is 10.2 Å². The predicted octanol–water partition coefficient (Wildman–Crippen LogP) is 3.69. The van der Waals surface area contributed by atoms with Gasteiger partial charge in [-0.1, -0.05) is 12.1 Å². The molecule has 0 spiro atoms. The van der Waals surface area contributed by atoms with Gasteiger partial charge < -0.3 is 10.3 Å². The number of halogens is 1. The summed E-state index contributed by atoms with van der Waals surface area (Å²) < 4.78 is 36.3. The van der Waals surface area contributed by atoms with Crippen molar-refractivity contribution in [2.24, 2.45) is 0 Å². The zero-order valence-corrected chi connectivity index (χ0v) is 16.8. The highest BCUT2D eigenvalue weighted by Crippen LogP contribution is 2.26. The summed E-state index contributed by atoms with van der Waals surface area (Å²) in [5, 5.41) is 11.6. The molecule has 0 bridgehead atoms. The Morgan fingerprint density at radius 2 is 1.67 bits per heavy atom. The first-order valence-corrected chi connectivity index (χ1v) is 11.0. The number of aromatic amines is 1. The Labute approximate surface area is 173 Å². The third-order valence-corrected chi connectivity index (χ3v) is 5.61. The molecule has 152 valence electrons. The van der Waals surface area contributed by atoms with Gasteiger partial charge in [0.25, 0.3) is 0 Å². The van der Waals surface area contributed by atoms with E-state index in [0.717, 1.165) is 17.4 Å². The molecule has 0 amide bonds. The molecule has 9 heteroatoms. The molecule has 0 unspecified atom stereocenters. The monoisotopic (exact) mass is 423 g/mol. The maximum Gasteiger partial charge on any atom is 0.175 e. The van der Waals surface area contributed by atoms with Crippen LogP contribution in [0.3, 0.4) is 0 Å². The first-order chi connectivity index (χ1) is 14.4. The van der Waals surface area contributed by atoms with E-state index in [0.29, 0.717) is 29.6 Å². The number of nitrogens with zero attached hydrogens (tertiary/aromatic N) is 3. The second-order valence-corrected chi connectivity index (χ2v) is 8.71. The second-order valence-electron chi connectivity index (χ2n) is 6.70. The third-order valence-electron chi connectivity index (χ3n) is 4.48. The van der Waals surface area contributed by atoms with Crippen LogP contribution in [0, 0.1) is 5.82 Å². The van der Waals surface area contributed by atoms with Gasteiger partial charge >= 0.3 is 0 Å². The normalized spacial score (nSPS) is 11.4. The van der Waals surface area contributed by atoms with E-state index in [1.165, 1.54) is 24.3 Å². The van der Waals surface area contributed by atoms with Gasteiger partial charge in [0, 0.05) is 24.6 Å². The molecule has 7 nitrogen and oxygen atoms in total. The van der Waals surface area contributed by atoms with Crippen molar-refractivity contribution in [3.8, 4) is 22.8 Å². The lowest BCUT2D eigenvalue weighted by molar-refractivity contribution is 0.602. The van der Waals surface area contributed by atoms with Gasteiger partial charge in [0.05, 0.1) is 10.5 Å². The van der Waals surface area contributed by atoms with Crippen LogP contribution < -0.4 is 5.32 Å². The topological polar surface area (TPSA) is 101 Å². The molecule has 0 aliphatic carbocycles. The lowest BCUT2D eigenvalue weighted by atomic mass is 10.2. The Balaban J connectivity index is 1.57. The number of benzene rings is 2. The fraction of sp³-hybridized carbons (Fsp3) is 0.0952. The van der Waals surface area contributed by atoms with E-state index < -0.39 is 9.84 Å². The summed E-state index contributed by atoms with van der Waals surface area (Å²) in [4.78, 5) is 7.76. The zero-order chi connectivity index (χ0) is 21.1. The number of hydrogen-bond acceptors (Lipinski definition) is 6. The first kappa shape index (κ1) is 19.7. The number of pyridine rings is 1. The summed E-state index contributed by atoms with van der Waals surface area (Å²) in [7, 11) is -3.26. The van der Waals surface area contributed by atoms with Crippen LogP contribution in [0.4, 0.5) is 10.2 Å². The van der Waals surface area contributed by atoms with Crippen LogP contribution in [0.25, 0.3) is 22.8 Å². The van der Waals surface area contributed by atoms with Crippen LogP contribution in [0.2, 0.25) is 0 Å². The standard InChI is InChI=1S/C21H18FN5O2S/c1-30(28,29)17-10-6-15(7-11-17)19-25-21(27-26-19)18-3-2-12-23-20(18)24-13-14-4-8-16(22)9-5-14/h2-12H,13H2,1H3,(H,23,24)(H,25,26,27). The van der Waals surface area contributed by atoms with Crippen molar-refractivity contribution in [2.45, 2.75) is 11.4 Å². The third kappa shape index (κ3) is 4.36. The molecule has 0 radical (unpaired) electrons. The predicted molar refractivity (Wildman–Crippen MR) is 112 cm³/mol. The molecule has 0 atom stereocenters. The average Bonchev–Trinajstić information content (AvgIpc) is 3.23. The van der Waals surface area contributed by atoms with E-state index in [1.807, 2.05) is 6.07 Å². The van der Waals surface area contributed by atoms with Gasteiger partial charge in [-0.3, -0.25) is 0 Å². The van der Waals surface area contributed by atoms with E-state index in [9.17, 15) is 12.8 Å². The highest BCUT2D eigenvalue weighted by molar-refractivity contribution is 7.90. The van der Waals surface area contributed by atoms with Crippen LogP contribution >= 0.6 is 0 Å². The minimum atomic E-state index is -3.26. The number of aromatic nitrogens is 4. The number of nitrogens with one attached hydrogen (secondary N) is 2. The summed E-state index contributed by atoms with van der Waals surface area (Å²) in [5.41, 5.74) is 2.36. The van der Waals surface area contributed by atoms with Crippen molar-refractivity contribution in [1.29, 1.82) is 0 Å². The molecule has 2 aromatic heterocycles. The van der Waals surface area contributed by atoms with Crippen molar-refractivity contribution in [3.05, 3.63) is 78.2 Å². The molecule has 0 saturated carbocycles. The van der Waals surface area contributed by atoms with E-state index in [4.69, 9.17) is 0 Å². The lowest BCUT2D eigenvalue weighted by Gasteiger charge is -2.09. The van der Waals surface area contributed by atoms with E-state index in [-0.39, 0.29) is 10.7 Å². The quantitative estimate of drug-likeness (QED) is 0.491. The van der Waals surface area contributed by atoms with Gasteiger partial charge in [-0.2, -0.15) is 0 Å². The summed E-state index contributed by atoms with van der Waals surface area (Å²) in [6.45, 7) is 0.470. The highest BCUT2D eigenvalue weighted by atomic mass is 32.2. The van der Waals surface area contributed by atoms with Crippen molar-refractivity contribution >= 4 is 15.7 Å². The van der Waals surface area contributed by atoms with E-state index >= 15 is 0 Å². The lowest BCUT2D eigenvalue weighted by Crippen LogP contribution is -2.03. The van der Waals surface area contributed by atoms with Crippen molar-refractivity contribution < 1.29 is 12.8 Å². The molecular weight excluding hydrogens is 405 g/mol. The zero-order valence-electron chi connectivity index (χ0n) is 16.0. The first-order valence-electron chi connectivity index (χ1n) is 9.07. The van der Waals surface area contributed by atoms with Crippen LogP contribution in [-0.4, -0.2) is 34.8 Å². The molecule has 2 aromatic carbocycles. The van der Waals surface area contributed by atoms with Crippen LogP contribution in [0.15, 0.2) is 71.8 Å². The van der Waals surface area contributed by atoms with Crippen LogP contribution in [0.1, 0.15) is 5.56 Å². The SMILES string of the molecule is CS(=O)(=O)c1ccc(-c2nnc(-c3cccnc3NCc3ccc(F)cc3)[nH]2)cc1. The number of hydrogen-bond donors (Lipinski definition) is 2.